The Morgan fingerprint density at radius 3 is 3.00 bits per heavy atom. The second-order valence-electron chi connectivity index (χ2n) is 8.31. The number of furan rings is 1. The van der Waals surface area contributed by atoms with Crippen molar-refractivity contribution in [2.75, 3.05) is 6.54 Å². The topological polar surface area (TPSA) is 36.6 Å². The van der Waals surface area contributed by atoms with Crippen molar-refractivity contribution in [2.45, 2.75) is 64.0 Å². The lowest BCUT2D eigenvalue weighted by Crippen LogP contribution is -2.59. The highest BCUT2D eigenvalue weighted by Crippen LogP contribution is 2.52. The summed E-state index contributed by atoms with van der Waals surface area (Å²) in [6, 6.07) is 6.87. The number of fused-ring (bicyclic) bond motifs is 4. The molecule has 0 spiro atoms. The number of phenolic OH excluding ortho intramolecular Hbond substituents is 1. The van der Waals surface area contributed by atoms with Crippen molar-refractivity contribution in [3.05, 3.63) is 29.5 Å². The van der Waals surface area contributed by atoms with Crippen LogP contribution in [0.2, 0.25) is 0 Å². The fourth-order valence-electron chi connectivity index (χ4n) is 5.94. The Hall–Kier alpha value is -1.48. The molecule has 3 fully saturated rings. The molecule has 1 N–H and O–H groups in total. The summed E-state index contributed by atoms with van der Waals surface area (Å²) in [6.07, 6.45) is 6.20. The SMILES string of the molecule is CCC1CC2CC3c4oc5ccc(O)cc5c4CC[C@H](C)N(C2)C13. The van der Waals surface area contributed by atoms with Gasteiger partial charge in [0, 0.05) is 35.5 Å². The molecule has 2 aromatic rings. The number of phenols is 1. The van der Waals surface area contributed by atoms with Gasteiger partial charge in [-0.05, 0) is 62.6 Å². The minimum atomic E-state index is 0.347. The van der Waals surface area contributed by atoms with Crippen LogP contribution in [0.15, 0.2) is 22.6 Å². The fraction of sp³-hybridized carbons (Fsp3) is 0.619. The van der Waals surface area contributed by atoms with Crippen LogP contribution in [0.4, 0.5) is 0 Å². The normalized spacial score (nSPS) is 37.9. The fourth-order valence-corrected chi connectivity index (χ4v) is 5.94. The lowest BCUT2D eigenvalue weighted by molar-refractivity contribution is -0.0483. The molecule has 6 atom stereocenters. The predicted octanol–water partition coefficient (Wildman–Crippen LogP) is 4.68. The van der Waals surface area contributed by atoms with E-state index in [1.165, 1.54) is 43.6 Å². The van der Waals surface area contributed by atoms with E-state index in [1.807, 2.05) is 12.1 Å². The number of hydrogen-bond acceptors (Lipinski definition) is 3. The van der Waals surface area contributed by atoms with Gasteiger partial charge in [0.05, 0.1) is 0 Å². The molecule has 4 bridgehead atoms. The minimum Gasteiger partial charge on any atom is -0.508 e. The molecule has 0 radical (unpaired) electrons. The quantitative estimate of drug-likeness (QED) is 0.827. The second kappa shape index (κ2) is 5.26. The van der Waals surface area contributed by atoms with E-state index in [9.17, 15) is 5.11 Å². The third kappa shape index (κ3) is 2.00. The number of aromatic hydroxyl groups is 1. The molecular formula is C21H27NO2. The molecule has 24 heavy (non-hydrogen) atoms. The van der Waals surface area contributed by atoms with E-state index in [4.69, 9.17) is 4.42 Å². The van der Waals surface area contributed by atoms with Gasteiger partial charge in [0.25, 0.3) is 0 Å². The number of nitrogens with zero attached hydrogens (tertiary/aromatic N) is 1. The van der Waals surface area contributed by atoms with Gasteiger partial charge in [-0.3, -0.25) is 4.90 Å². The van der Waals surface area contributed by atoms with Crippen molar-refractivity contribution in [3.8, 4) is 5.75 Å². The van der Waals surface area contributed by atoms with Crippen LogP contribution in [-0.4, -0.2) is 28.6 Å². The molecule has 3 heteroatoms. The molecule has 3 nitrogen and oxygen atoms in total. The minimum absolute atomic E-state index is 0.347. The molecule has 1 aliphatic carbocycles. The molecule has 0 amide bonds. The van der Waals surface area contributed by atoms with Crippen LogP contribution in [0.25, 0.3) is 11.0 Å². The molecule has 4 aliphatic rings. The lowest BCUT2D eigenvalue weighted by Gasteiger charge is -2.56. The molecular weight excluding hydrogens is 298 g/mol. The summed E-state index contributed by atoms with van der Waals surface area (Å²) in [5.41, 5.74) is 2.33. The summed E-state index contributed by atoms with van der Waals surface area (Å²) in [5, 5.41) is 11.1. The number of piperidine rings is 2. The van der Waals surface area contributed by atoms with Crippen LogP contribution in [0.5, 0.6) is 5.75 Å². The van der Waals surface area contributed by atoms with E-state index in [2.05, 4.69) is 18.7 Å². The molecule has 1 saturated carbocycles. The highest BCUT2D eigenvalue weighted by molar-refractivity contribution is 5.84. The van der Waals surface area contributed by atoms with Gasteiger partial charge < -0.3 is 9.52 Å². The van der Waals surface area contributed by atoms with Gasteiger partial charge in [0.15, 0.2) is 0 Å². The van der Waals surface area contributed by atoms with Gasteiger partial charge in [-0.25, -0.2) is 0 Å². The first-order valence-electron chi connectivity index (χ1n) is 9.65. The molecule has 5 unspecified atom stereocenters. The maximum atomic E-state index is 9.94. The molecule has 1 aromatic heterocycles. The standard InChI is InChI=1S/C21H27NO2/c1-3-14-8-13-9-18-20(14)22(11-13)12(2)4-6-16-17-10-15(23)5-7-19(17)24-21(16)18/h5,7,10,12-14,18,20,23H,3-4,6,8-9,11H2,1-2H3/t12-,13?,14?,18?,20?/m0/s1. The summed E-state index contributed by atoms with van der Waals surface area (Å²) in [5.74, 6) is 3.74. The van der Waals surface area contributed by atoms with Crippen molar-refractivity contribution >= 4 is 11.0 Å². The lowest BCUT2D eigenvalue weighted by atomic mass is 9.63. The second-order valence-corrected chi connectivity index (χ2v) is 8.31. The zero-order valence-electron chi connectivity index (χ0n) is 14.7. The molecule has 1 aromatic carbocycles. The van der Waals surface area contributed by atoms with Gasteiger partial charge in [-0.15, -0.1) is 0 Å². The molecule has 3 aliphatic heterocycles. The summed E-state index contributed by atoms with van der Waals surface area (Å²) in [4.78, 5) is 2.81. The Morgan fingerprint density at radius 2 is 2.17 bits per heavy atom. The van der Waals surface area contributed by atoms with Crippen molar-refractivity contribution in [1.29, 1.82) is 0 Å². The van der Waals surface area contributed by atoms with Crippen LogP contribution >= 0.6 is 0 Å². The van der Waals surface area contributed by atoms with Crippen LogP contribution in [0.3, 0.4) is 0 Å². The summed E-state index contributed by atoms with van der Waals surface area (Å²) >= 11 is 0. The van der Waals surface area contributed by atoms with Crippen LogP contribution in [0.1, 0.15) is 56.8 Å². The molecule has 4 heterocycles. The Labute approximate surface area is 143 Å². The number of rotatable bonds is 1. The van der Waals surface area contributed by atoms with Gasteiger partial charge >= 0.3 is 0 Å². The first-order chi connectivity index (χ1) is 11.7. The Balaban J connectivity index is 1.70. The third-order valence-corrected chi connectivity index (χ3v) is 7.02. The highest BCUT2D eigenvalue weighted by atomic mass is 16.3. The smallest absolute Gasteiger partial charge is 0.134 e. The van der Waals surface area contributed by atoms with E-state index < -0.39 is 0 Å². The third-order valence-electron chi connectivity index (χ3n) is 7.02. The van der Waals surface area contributed by atoms with Gasteiger partial charge in [-0.2, -0.15) is 0 Å². The van der Waals surface area contributed by atoms with E-state index in [1.54, 1.807) is 6.07 Å². The summed E-state index contributed by atoms with van der Waals surface area (Å²) < 4.78 is 6.41. The maximum Gasteiger partial charge on any atom is 0.134 e. The van der Waals surface area contributed by atoms with Crippen molar-refractivity contribution in [1.82, 2.24) is 4.90 Å². The van der Waals surface area contributed by atoms with E-state index in [0.29, 0.717) is 23.8 Å². The number of benzene rings is 1. The van der Waals surface area contributed by atoms with Gasteiger partial charge in [0.1, 0.15) is 17.1 Å². The van der Waals surface area contributed by atoms with E-state index in [-0.39, 0.29) is 0 Å². The Kier molecular flexibility index (Phi) is 3.25. The molecule has 128 valence electrons. The van der Waals surface area contributed by atoms with E-state index in [0.717, 1.165) is 29.2 Å². The largest absolute Gasteiger partial charge is 0.508 e. The zero-order chi connectivity index (χ0) is 16.4. The van der Waals surface area contributed by atoms with E-state index >= 15 is 0 Å². The van der Waals surface area contributed by atoms with Crippen LogP contribution in [0, 0.1) is 11.8 Å². The average Bonchev–Trinajstić information content (AvgIpc) is 2.95. The van der Waals surface area contributed by atoms with Crippen LogP contribution < -0.4 is 0 Å². The van der Waals surface area contributed by atoms with Crippen molar-refractivity contribution < 1.29 is 9.52 Å². The monoisotopic (exact) mass is 325 g/mol. The van der Waals surface area contributed by atoms with Gasteiger partial charge in [-0.1, -0.05) is 13.3 Å². The first-order valence-corrected chi connectivity index (χ1v) is 9.65. The number of aryl methyl sites for hydroxylation is 1. The van der Waals surface area contributed by atoms with Crippen LogP contribution in [-0.2, 0) is 6.42 Å². The number of hydrogen-bond donors (Lipinski definition) is 1. The Bertz CT molecular complexity index is 779. The highest BCUT2D eigenvalue weighted by Gasteiger charge is 2.50. The zero-order valence-corrected chi connectivity index (χ0v) is 14.7. The average molecular weight is 325 g/mol. The predicted molar refractivity (Wildman–Crippen MR) is 95.4 cm³/mol. The molecule has 2 saturated heterocycles. The molecule has 6 rings (SSSR count). The van der Waals surface area contributed by atoms with Crippen molar-refractivity contribution in [2.24, 2.45) is 11.8 Å². The summed E-state index contributed by atoms with van der Waals surface area (Å²) in [6.45, 7) is 6.05. The maximum absolute atomic E-state index is 9.94. The first kappa shape index (κ1) is 14.8. The van der Waals surface area contributed by atoms with Crippen molar-refractivity contribution in [3.63, 3.8) is 0 Å². The van der Waals surface area contributed by atoms with Gasteiger partial charge in [0.2, 0.25) is 0 Å². The Morgan fingerprint density at radius 1 is 1.29 bits per heavy atom. The summed E-state index contributed by atoms with van der Waals surface area (Å²) in [7, 11) is 0.